The first-order valence-electron chi connectivity index (χ1n) is 10.7. The normalized spacial score (nSPS) is 12.2. The van der Waals surface area contributed by atoms with E-state index in [1.807, 2.05) is 63.2 Å². The second-order valence-corrected chi connectivity index (χ2v) is 10.1. The zero-order valence-corrected chi connectivity index (χ0v) is 20.4. The lowest BCUT2D eigenvalue weighted by molar-refractivity contribution is 0.0940. The molecule has 0 saturated heterocycles. The molecule has 1 N–H and O–H groups in total. The van der Waals surface area contributed by atoms with E-state index in [1.165, 1.54) is 10.6 Å². The summed E-state index contributed by atoms with van der Waals surface area (Å²) in [5.74, 6) is 0.566. The fourth-order valence-corrected chi connectivity index (χ4v) is 4.75. The average Bonchev–Trinajstić information content (AvgIpc) is 2.78. The van der Waals surface area contributed by atoms with E-state index in [9.17, 15) is 13.2 Å². The highest BCUT2D eigenvalue weighted by atomic mass is 32.2. The number of nitrogens with one attached hydrogen (secondary N) is 1. The molecule has 3 rings (SSSR count). The van der Waals surface area contributed by atoms with Gasteiger partial charge in [0.05, 0.1) is 31.6 Å². The van der Waals surface area contributed by atoms with Gasteiger partial charge in [-0.15, -0.1) is 0 Å². The Morgan fingerprint density at radius 1 is 0.970 bits per heavy atom. The van der Waals surface area contributed by atoms with Crippen LogP contribution < -0.4 is 14.4 Å². The van der Waals surface area contributed by atoms with Crippen LogP contribution in [-0.4, -0.2) is 27.7 Å². The van der Waals surface area contributed by atoms with Crippen molar-refractivity contribution in [2.24, 2.45) is 0 Å². The number of carbonyl (C=O) groups excluding carboxylic acids is 1. The maximum absolute atomic E-state index is 12.7. The summed E-state index contributed by atoms with van der Waals surface area (Å²) >= 11 is 0. The molecule has 0 aliphatic heterocycles. The van der Waals surface area contributed by atoms with E-state index in [-0.39, 0.29) is 18.5 Å². The lowest BCUT2D eigenvalue weighted by Gasteiger charge is -2.26. The lowest BCUT2D eigenvalue weighted by atomic mass is 10.1. The van der Waals surface area contributed by atoms with Crippen molar-refractivity contribution in [1.82, 2.24) is 5.32 Å². The molecular formula is C26H30N2O4S. The number of para-hydroxylation sites is 1. The van der Waals surface area contributed by atoms with Gasteiger partial charge >= 0.3 is 0 Å². The van der Waals surface area contributed by atoms with Gasteiger partial charge in [0.15, 0.2) is 0 Å². The molecule has 0 spiro atoms. The van der Waals surface area contributed by atoms with Crippen molar-refractivity contribution in [1.29, 1.82) is 0 Å². The van der Waals surface area contributed by atoms with E-state index in [4.69, 9.17) is 4.74 Å². The van der Waals surface area contributed by atoms with Crippen LogP contribution in [0.25, 0.3) is 0 Å². The number of methoxy groups -OCH3 is 1. The fraction of sp³-hybridized carbons (Fsp3) is 0.269. The van der Waals surface area contributed by atoms with E-state index in [0.29, 0.717) is 11.3 Å². The summed E-state index contributed by atoms with van der Waals surface area (Å²) in [7, 11) is -1.88. The zero-order chi connectivity index (χ0) is 24.2. The molecule has 0 aromatic heterocycles. The molecule has 7 heteroatoms. The minimum atomic E-state index is -3.49. The molecule has 0 aliphatic rings. The quantitative estimate of drug-likeness (QED) is 0.519. The third kappa shape index (κ3) is 5.93. The molecule has 174 valence electrons. The van der Waals surface area contributed by atoms with Crippen LogP contribution in [0.3, 0.4) is 0 Å². The molecule has 0 saturated carbocycles. The first kappa shape index (κ1) is 24.3. The molecule has 0 aliphatic carbocycles. The number of benzene rings is 3. The van der Waals surface area contributed by atoms with Gasteiger partial charge in [-0.1, -0.05) is 42.5 Å². The zero-order valence-electron chi connectivity index (χ0n) is 19.6. The summed E-state index contributed by atoms with van der Waals surface area (Å²) in [5.41, 5.74) is 4.75. The standard InChI is InChI=1S/C26H30N2O4S/c1-18-7-6-8-19(2)25(18)28(33(5,30)31)17-21-9-11-23(12-10-21)26(29)27-20(3)22-13-15-24(32-4)16-14-22/h6-16,20H,17H2,1-5H3,(H,27,29)/t20-/m0/s1. The second-order valence-electron chi connectivity index (χ2n) is 8.18. The largest absolute Gasteiger partial charge is 0.497 e. The molecule has 0 bridgehead atoms. The Labute approximate surface area is 196 Å². The highest BCUT2D eigenvalue weighted by Crippen LogP contribution is 2.28. The first-order valence-corrected chi connectivity index (χ1v) is 12.5. The van der Waals surface area contributed by atoms with Crippen LogP contribution in [0.5, 0.6) is 5.75 Å². The third-order valence-corrected chi connectivity index (χ3v) is 6.71. The monoisotopic (exact) mass is 466 g/mol. The van der Waals surface area contributed by atoms with Gasteiger partial charge in [0.1, 0.15) is 5.75 Å². The van der Waals surface area contributed by atoms with E-state index in [0.717, 1.165) is 28.0 Å². The molecule has 3 aromatic rings. The van der Waals surface area contributed by atoms with Gasteiger partial charge in [-0.05, 0) is 67.3 Å². The summed E-state index contributed by atoms with van der Waals surface area (Å²) in [6.07, 6.45) is 1.21. The van der Waals surface area contributed by atoms with Crippen LogP contribution in [0.4, 0.5) is 5.69 Å². The second kappa shape index (κ2) is 10.1. The molecule has 33 heavy (non-hydrogen) atoms. The number of aryl methyl sites for hydroxylation is 2. The number of anilines is 1. The average molecular weight is 467 g/mol. The minimum Gasteiger partial charge on any atom is -0.497 e. The van der Waals surface area contributed by atoms with E-state index in [2.05, 4.69) is 5.32 Å². The predicted molar refractivity (Wildman–Crippen MR) is 132 cm³/mol. The lowest BCUT2D eigenvalue weighted by Crippen LogP contribution is -2.30. The van der Waals surface area contributed by atoms with Crippen molar-refractivity contribution >= 4 is 21.6 Å². The topological polar surface area (TPSA) is 75.7 Å². The predicted octanol–water partition coefficient (Wildman–Crippen LogP) is 4.77. The summed E-state index contributed by atoms with van der Waals surface area (Å²) in [6.45, 7) is 5.91. The Morgan fingerprint density at radius 3 is 2.06 bits per heavy atom. The number of sulfonamides is 1. The molecular weight excluding hydrogens is 436 g/mol. The Balaban J connectivity index is 1.75. The van der Waals surface area contributed by atoms with Gasteiger partial charge in [-0.2, -0.15) is 0 Å². The van der Waals surface area contributed by atoms with Crippen LogP contribution in [0, 0.1) is 13.8 Å². The molecule has 1 atom stereocenters. The summed E-state index contributed by atoms with van der Waals surface area (Å²) in [5, 5.41) is 2.99. The van der Waals surface area contributed by atoms with Crippen molar-refractivity contribution in [2.75, 3.05) is 17.7 Å². The Bertz CT molecular complexity index is 1200. The smallest absolute Gasteiger partial charge is 0.251 e. The number of nitrogens with zero attached hydrogens (tertiary/aromatic N) is 1. The number of amides is 1. The number of carbonyl (C=O) groups is 1. The highest BCUT2D eigenvalue weighted by Gasteiger charge is 2.21. The van der Waals surface area contributed by atoms with Gasteiger partial charge in [0, 0.05) is 5.56 Å². The van der Waals surface area contributed by atoms with Gasteiger partial charge in [0.2, 0.25) is 10.0 Å². The highest BCUT2D eigenvalue weighted by molar-refractivity contribution is 7.92. The van der Waals surface area contributed by atoms with Crippen molar-refractivity contribution in [2.45, 2.75) is 33.4 Å². The van der Waals surface area contributed by atoms with Gasteiger partial charge in [0.25, 0.3) is 5.91 Å². The maximum Gasteiger partial charge on any atom is 0.251 e. The number of rotatable bonds is 8. The van der Waals surface area contributed by atoms with Crippen LogP contribution in [0.15, 0.2) is 66.7 Å². The van der Waals surface area contributed by atoms with Crippen LogP contribution in [0.1, 0.15) is 45.6 Å². The molecule has 0 unspecified atom stereocenters. The molecule has 0 heterocycles. The minimum absolute atomic E-state index is 0.173. The summed E-state index contributed by atoms with van der Waals surface area (Å²) in [4.78, 5) is 12.7. The van der Waals surface area contributed by atoms with Crippen molar-refractivity contribution in [3.63, 3.8) is 0 Å². The molecule has 1 amide bonds. The van der Waals surface area contributed by atoms with Crippen molar-refractivity contribution in [3.8, 4) is 5.75 Å². The SMILES string of the molecule is COc1ccc([C@H](C)NC(=O)c2ccc(CN(c3c(C)cccc3C)S(C)(=O)=O)cc2)cc1. The van der Waals surface area contributed by atoms with Gasteiger partial charge in [-0.3, -0.25) is 9.10 Å². The first-order chi connectivity index (χ1) is 15.6. The Hall–Kier alpha value is -3.32. The fourth-order valence-electron chi connectivity index (χ4n) is 3.74. The third-order valence-electron chi connectivity index (χ3n) is 5.59. The Kier molecular flexibility index (Phi) is 7.43. The van der Waals surface area contributed by atoms with E-state index in [1.54, 1.807) is 31.4 Å². The van der Waals surface area contributed by atoms with Crippen molar-refractivity contribution in [3.05, 3.63) is 94.5 Å². The number of ether oxygens (including phenoxy) is 1. The molecule has 0 fully saturated rings. The van der Waals surface area contributed by atoms with Crippen LogP contribution in [0.2, 0.25) is 0 Å². The van der Waals surface area contributed by atoms with Crippen molar-refractivity contribution < 1.29 is 17.9 Å². The summed E-state index contributed by atoms with van der Waals surface area (Å²) < 4.78 is 31.7. The number of hydrogen-bond acceptors (Lipinski definition) is 4. The maximum atomic E-state index is 12.7. The van der Waals surface area contributed by atoms with E-state index >= 15 is 0 Å². The number of hydrogen-bond donors (Lipinski definition) is 1. The molecule has 3 aromatic carbocycles. The molecule has 0 radical (unpaired) electrons. The van der Waals surface area contributed by atoms with Crippen LogP contribution >= 0.6 is 0 Å². The Morgan fingerprint density at radius 2 is 1.55 bits per heavy atom. The van der Waals surface area contributed by atoms with E-state index < -0.39 is 10.0 Å². The van der Waals surface area contributed by atoms with Gasteiger partial charge in [-0.25, -0.2) is 8.42 Å². The molecule has 6 nitrogen and oxygen atoms in total. The van der Waals surface area contributed by atoms with Crippen LogP contribution in [-0.2, 0) is 16.6 Å². The van der Waals surface area contributed by atoms with Gasteiger partial charge < -0.3 is 10.1 Å². The summed E-state index contributed by atoms with van der Waals surface area (Å²) in [6, 6.07) is 20.1.